The molecular formula is C16H19ClN4O. The summed E-state index contributed by atoms with van der Waals surface area (Å²) < 4.78 is 0. The minimum Gasteiger partial charge on any atom is -0.356 e. The highest BCUT2D eigenvalue weighted by atomic mass is 35.5. The largest absolute Gasteiger partial charge is 0.356 e. The van der Waals surface area contributed by atoms with Crippen molar-refractivity contribution in [3.8, 4) is 0 Å². The van der Waals surface area contributed by atoms with Crippen molar-refractivity contribution in [2.75, 3.05) is 32.1 Å². The number of aromatic nitrogens is 2. The molecule has 0 aliphatic carbocycles. The summed E-state index contributed by atoms with van der Waals surface area (Å²) in [6.45, 7) is 3.92. The van der Waals surface area contributed by atoms with E-state index in [0.717, 1.165) is 35.2 Å². The first-order valence-electron chi connectivity index (χ1n) is 7.39. The summed E-state index contributed by atoms with van der Waals surface area (Å²) in [5.41, 5.74) is 0.891. The van der Waals surface area contributed by atoms with Crippen molar-refractivity contribution in [3.05, 3.63) is 29.2 Å². The molecule has 1 amide bonds. The Kier molecular flexibility index (Phi) is 3.91. The third-order valence-corrected chi connectivity index (χ3v) is 4.39. The van der Waals surface area contributed by atoms with Gasteiger partial charge in [-0.25, -0.2) is 9.97 Å². The van der Waals surface area contributed by atoms with Gasteiger partial charge in [-0.05, 0) is 30.4 Å². The van der Waals surface area contributed by atoms with Crippen LogP contribution in [0.5, 0.6) is 0 Å². The molecule has 3 heterocycles. The summed E-state index contributed by atoms with van der Waals surface area (Å²) in [5.74, 6) is 0.709. The van der Waals surface area contributed by atoms with Gasteiger partial charge in [-0.15, -0.1) is 0 Å². The second kappa shape index (κ2) is 5.72. The van der Waals surface area contributed by atoms with Crippen LogP contribution in [0.2, 0.25) is 5.15 Å². The van der Waals surface area contributed by atoms with E-state index in [0.29, 0.717) is 5.15 Å². The molecule has 0 N–H and O–H groups in total. The summed E-state index contributed by atoms with van der Waals surface area (Å²) >= 11 is 6.08. The highest BCUT2D eigenvalue weighted by Gasteiger charge is 2.24. The number of carbonyl (C=O) groups excluding carboxylic acids is 1. The van der Waals surface area contributed by atoms with Gasteiger partial charge in [0.05, 0.1) is 5.92 Å². The van der Waals surface area contributed by atoms with E-state index in [9.17, 15) is 4.79 Å². The quantitative estimate of drug-likeness (QED) is 0.816. The van der Waals surface area contributed by atoms with Gasteiger partial charge in [0, 0.05) is 45.0 Å². The summed E-state index contributed by atoms with van der Waals surface area (Å²) in [6.07, 6.45) is 4.74. The van der Waals surface area contributed by atoms with Gasteiger partial charge in [0.2, 0.25) is 5.91 Å². The van der Waals surface area contributed by atoms with Crippen LogP contribution in [0.15, 0.2) is 18.5 Å². The van der Waals surface area contributed by atoms with E-state index in [4.69, 9.17) is 11.6 Å². The first kappa shape index (κ1) is 15.0. The molecule has 0 saturated carbocycles. The number of halogens is 1. The van der Waals surface area contributed by atoms with E-state index in [-0.39, 0.29) is 11.8 Å². The summed E-state index contributed by atoms with van der Waals surface area (Å²) in [7, 11) is 3.52. The number of hydrogen-bond acceptors (Lipinski definition) is 4. The lowest BCUT2D eigenvalue weighted by Crippen LogP contribution is -2.37. The lowest BCUT2D eigenvalue weighted by atomic mass is 9.96. The Balaban J connectivity index is 2.15. The zero-order valence-corrected chi connectivity index (χ0v) is 13.8. The van der Waals surface area contributed by atoms with Crippen LogP contribution in [-0.2, 0) is 4.79 Å². The van der Waals surface area contributed by atoms with Crippen LogP contribution >= 0.6 is 11.6 Å². The Morgan fingerprint density at radius 1 is 1.27 bits per heavy atom. The van der Waals surface area contributed by atoms with E-state index >= 15 is 0 Å². The van der Waals surface area contributed by atoms with E-state index in [1.54, 1.807) is 31.4 Å². The lowest BCUT2D eigenvalue weighted by Gasteiger charge is -2.33. The molecule has 1 fully saturated rings. The van der Waals surface area contributed by atoms with Crippen molar-refractivity contribution in [3.63, 3.8) is 0 Å². The third kappa shape index (κ3) is 2.50. The molecule has 0 aromatic carbocycles. The fourth-order valence-corrected chi connectivity index (χ4v) is 2.92. The van der Waals surface area contributed by atoms with E-state index in [1.165, 1.54) is 6.42 Å². The van der Waals surface area contributed by atoms with Crippen molar-refractivity contribution in [2.45, 2.75) is 19.3 Å². The Morgan fingerprint density at radius 2 is 2.00 bits per heavy atom. The highest BCUT2D eigenvalue weighted by Crippen LogP contribution is 2.33. The first-order chi connectivity index (χ1) is 10.5. The van der Waals surface area contributed by atoms with Crippen LogP contribution in [-0.4, -0.2) is 48.0 Å². The second-order valence-electron chi connectivity index (χ2n) is 5.88. The monoisotopic (exact) mass is 318 g/mol. The molecule has 0 radical (unpaired) electrons. The number of rotatable bonds is 3. The van der Waals surface area contributed by atoms with Gasteiger partial charge >= 0.3 is 0 Å². The highest BCUT2D eigenvalue weighted by molar-refractivity contribution is 6.30. The van der Waals surface area contributed by atoms with E-state index < -0.39 is 0 Å². The Hall–Kier alpha value is -1.88. The topological polar surface area (TPSA) is 49.3 Å². The van der Waals surface area contributed by atoms with Crippen molar-refractivity contribution < 1.29 is 4.79 Å². The van der Waals surface area contributed by atoms with Crippen LogP contribution in [0.1, 0.15) is 24.8 Å². The molecule has 116 valence electrons. The van der Waals surface area contributed by atoms with E-state index in [2.05, 4.69) is 14.9 Å². The van der Waals surface area contributed by atoms with Gasteiger partial charge in [-0.1, -0.05) is 11.6 Å². The van der Waals surface area contributed by atoms with Crippen molar-refractivity contribution >= 4 is 34.1 Å². The van der Waals surface area contributed by atoms with Gasteiger partial charge in [0.1, 0.15) is 11.0 Å². The zero-order chi connectivity index (χ0) is 15.9. The van der Waals surface area contributed by atoms with Gasteiger partial charge in [-0.2, -0.15) is 0 Å². The molecule has 5 nitrogen and oxygen atoms in total. The maximum Gasteiger partial charge on any atom is 0.229 e. The summed E-state index contributed by atoms with van der Waals surface area (Å²) in [5, 5.41) is 2.35. The molecule has 1 unspecified atom stereocenters. The number of amides is 1. The maximum absolute atomic E-state index is 12.3. The Bertz CT molecular complexity index is 727. The molecule has 3 rings (SSSR count). The molecule has 0 bridgehead atoms. The SMILES string of the molecule is CC(C(=O)N(C)C)c1cnc(N2CCC2)c2cnc(Cl)cc12. The summed E-state index contributed by atoms with van der Waals surface area (Å²) in [6, 6.07) is 1.83. The lowest BCUT2D eigenvalue weighted by molar-refractivity contribution is -0.129. The molecule has 1 aliphatic rings. The zero-order valence-electron chi connectivity index (χ0n) is 13.0. The average Bonchev–Trinajstić information content (AvgIpc) is 2.43. The second-order valence-corrected chi connectivity index (χ2v) is 6.27. The van der Waals surface area contributed by atoms with Crippen LogP contribution in [0, 0.1) is 0 Å². The normalized spacial score (nSPS) is 15.5. The van der Waals surface area contributed by atoms with Gasteiger partial charge < -0.3 is 9.80 Å². The maximum atomic E-state index is 12.3. The number of hydrogen-bond donors (Lipinski definition) is 0. The molecule has 22 heavy (non-hydrogen) atoms. The number of fused-ring (bicyclic) bond motifs is 1. The summed E-state index contributed by atoms with van der Waals surface area (Å²) in [4.78, 5) is 24.9. The number of carbonyl (C=O) groups is 1. The van der Waals surface area contributed by atoms with Gasteiger partial charge in [-0.3, -0.25) is 4.79 Å². The van der Waals surface area contributed by atoms with Crippen LogP contribution in [0.4, 0.5) is 5.82 Å². The van der Waals surface area contributed by atoms with Crippen molar-refractivity contribution in [1.82, 2.24) is 14.9 Å². The smallest absolute Gasteiger partial charge is 0.229 e. The molecule has 1 atom stereocenters. The fourth-order valence-electron chi connectivity index (χ4n) is 2.76. The number of likely N-dealkylation sites (N-methyl/N-ethyl adjacent to an activating group) is 1. The molecule has 6 heteroatoms. The number of anilines is 1. The van der Waals surface area contributed by atoms with Gasteiger partial charge in [0.25, 0.3) is 0 Å². The van der Waals surface area contributed by atoms with E-state index in [1.807, 2.05) is 13.0 Å². The predicted octanol–water partition coefficient (Wildman–Crippen LogP) is 2.69. The average molecular weight is 319 g/mol. The molecule has 0 spiro atoms. The molecule has 2 aromatic rings. The molecule has 1 saturated heterocycles. The standard InChI is InChI=1S/C16H19ClN4O/c1-10(16(22)20(2)3)12-8-19-15(21-5-4-6-21)13-9-18-14(17)7-11(12)13/h7-10H,4-6H2,1-3H3. The van der Waals surface area contributed by atoms with Crippen LogP contribution < -0.4 is 4.90 Å². The van der Waals surface area contributed by atoms with Crippen LogP contribution in [0.3, 0.4) is 0 Å². The Morgan fingerprint density at radius 3 is 2.59 bits per heavy atom. The Labute approximate surface area is 134 Å². The van der Waals surface area contributed by atoms with Gasteiger partial charge in [0.15, 0.2) is 0 Å². The fraction of sp³-hybridized carbons (Fsp3) is 0.438. The van der Waals surface area contributed by atoms with Crippen molar-refractivity contribution in [2.24, 2.45) is 0 Å². The first-order valence-corrected chi connectivity index (χ1v) is 7.77. The number of pyridine rings is 2. The van der Waals surface area contributed by atoms with Crippen LogP contribution in [0.25, 0.3) is 10.8 Å². The minimum atomic E-state index is -0.270. The molecule has 1 aliphatic heterocycles. The van der Waals surface area contributed by atoms with Crippen molar-refractivity contribution in [1.29, 1.82) is 0 Å². The molecular weight excluding hydrogens is 300 g/mol. The number of nitrogens with zero attached hydrogens (tertiary/aromatic N) is 4. The third-order valence-electron chi connectivity index (χ3n) is 4.18. The minimum absolute atomic E-state index is 0.0488. The predicted molar refractivity (Wildman–Crippen MR) is 88.5 cm³/mol. The molecule has 2 aromatic heterocycles.